The van der Waals surface area contributed by atoms with Gasteiger partial charge in [-0.05, 0) is 73.2 Å². The molecule has 0 saturated heterocycles. The molecule has 0 aliphatic carbocycles. The summed E-state index contributed by atoms with van der Waals surface area (Å²) in [6, 6.07) is 21.3. The first-order valence-electron chi connectivity index (χ1n) is 10.7. The minimum absolute atomic E-state index is 0.191. The smallest absolute Gasteiger partial charge is 0.255 e. The van der Waals surface area contributed by atoms with Crippen molar-refractivity contribution in [2.75, 3.05) is 29.1 Å². The van der Waals surface area contributed by atoms with Gasteiger partial charge in [-0.1, -0.05) is 12.1 Å². The van der Waals surface area contributed by atoms with Gasteiger partial charge in [0.25, 0.3) is 5.91 Å². The van der Waals surface area contributed by atoms with Gasteiger partial charge in [-0.2, -0.15) is 0 Å². The predicted molar refractivity (Wildman–Crippen MR) is 134 cm³/mol. The van der Waals surface area contributed by atoms with E-state index < -0.39 is 0 Å². The van der Waals surface area contributed by atoms with Crippen molar-refractivity contribution in [2.45, 2.75) is 6.42 Å². The summed E-state index contributed by atoms with van der Waals surface area (Å²) in [6.45, 7) is 4.50. The molecule has 0 radical (unpaired) electrons. The Balaban J connectivity index is 1.48. The normalized spacial score (nSPS) is 10.6. The van der Waals surface area contributed by atoms with Gasteiger partial charge in [0.1, 0.15) is 5.82 Å². The molecule has 33 heavy (non-hydrogen) atoms. The number of pyridine rings is 1. The maximum absolute atomic E-state index is 13.8. The maximum atomic E-state index is 13.8. The summed E-state index contributed by atoms with van der Waals surface area (Å²) >= 11 is 0. The Hall–Kier alpha value is -4.19. The average Bonchev–Trinajstić information content (AvgIpc) is 2.84. The van der Waals surface area contributed by atoms with E-state index in [0.29, 0.717) is 5.56 Å². The molecule has 5 nitrogen and oxygen atoms in total. The van der Waals surface area contributed by atoms with Crippen molar-refractivity contribution in [3.05, 3.63) is 103 Å². The molecule has 0 saturated carbocycles. The fourth-order valence-electron chi connectivity index (χ4n) is 3.60. The Kier molecular flexibility index (Phi) is 6.64. The topological polar surface area (TPSA) is 57.3 Å². The number of halogens is 1. The summed E-state index contributed by atoms with van der Waals surface area (Å²) in [5.41, 5.74) is 4.62. The van der Waals surface area contributed by atoms with Crippen molar-refractivity contribution in [1.29, 1.82) is 0 Å². The number of hydrogen-bond acceptors (Lipinski definition) is 4. The van der Waals surface area contributed by atoms with Crippen LogP contribution in [0, 0.1) is 5.82 Å². The second-order valence-corrected chi connectivity index (χ2v) is 7.64. The number of carbonyl (C=O) groups excluding carboxylic acids is 1. The number of amides is 1. The SMILES string of the molecule is C=CCCNc1cccc(NC(=O)c2ccc(N(C)c3ccnc4ccc(F)cc34)cc2)c1. The van der Waals surface area contributed by atoms with E-state index in [0.717, 1.165) is 46.6 Å². The van der Waals surface area contributed by atoms with Crippen LogP contribution in [-0.4, -0.2) is 24.5 Å². The minimum Gasteiger partial charge on any atom is -0.385 e. The van der Waals surface area contributed by atoms with Crippen molar-refractivity contribution in [2.24, 2.45) is 0 Å². The summed E-state index contributed by atoms with van der Waals surface area (Å²) in [4.78, 5) is 19.0. The molecular formula is C27H25FN4O. The minimum atomic E-state index is -0.308. The van der Waals surface area contributed by atoms with Crippen LogP contribution in [0.1, 0.15) is 16.8 Å². The van der Waals surface area contributed by atoms with E-state index in [1.165, 1.54) is 12.1 Å². The monoisotopic (exact) mass is 440 g/mol. The average molecular weight is 441 g/mol. The van der Waals surface area contributed by atoms with Crippen LogP contribution in [-0.2, 0) is 0 Å². The molecule has 0 fully saturated rings. The number of anilines is 4. The Labute approximate surface area is 192 Å². The van der Waals surface area contributed by atoms with Crippen LogP contribution in [0.15, 0.2) is 91.6 Å². The number of benzene rings is 3. The van der Waals surface area contributed by atoms with Crippen LogP contribution < -0.4 is 15.5 Å². The van der Waals surface area contributed by atoms with Crippen LogP contribution in [0.5, 0.6) is 0 Å². The van der Waals surface area contributed by atoms with Crippen molar-refractivity contribution < 1.29 is 9.18 Å². The van der Waals surface area contributed by atoms with Gasteiger partial charge in [-0.25, -0.2) is 4.39 Å². The maximum Gasteiger partial charge on any atom is 0.255 e. The summed E-state index contributed by atoms with van der Waals surface area (Å²) in [5, 5.41) is 6.96. The zero-order chi connectivity index (χ0) is 23.2. The third-order valence-corrected chi connectivity index (χ3v) is 5.36. The quantitative estimate of drug-likeness (QED) is 0.246. The van der Waals surface area contributed by atoms with Gasteiger partial charge < -0.3 is 15.5 Å². The third kappa shape index (κ3) is 5.18. The second kappa shape index (κ2) is 9.96. The molecule has 0 bridgehead atoms. The van der Waals surface area contributed by atoms with Crippen LogP contribution in [0.4, 0.5) is 27.1 Å². The van der Waals surface area contributed by atoms with E-state index >= 15 is 0 Å². The molecule has 0 unspecified atom stereocenters. The second-order valence-electron chi connectivity index (χ2n) is 7.64. The van der Waals surface area contributed by atoms with Gasteiger partial charge in [0.2, 0.25) is 0 Å². The standard InChI is InChI=1S/C27H25FN4O/c1-3-4-15-29-21-6-5-7-22(18-21)31-27(33)19-8-11-23(12-9-19)32(2)26-14-16-30-25-13-10-20(28)17-24(25)26/h3,5-14,16-18,29H,1,4,15H2,2H3,(H,31,33). The van der Waals surface area contributed by atoms with E-state index in [4.69, 9.17) is 0 Å². The highest BCUT2D eigenvalue weighted by Crippen LogP contribution is 2.30. The number of carbonyl (C=O) groups is 1. The fourth-order valence-corrected chi connectivity index (χ4v) is 3.60. The van der Waals surface area contributed by atoms with E-state index in [-0.39, 0.29) is 11.7 Å². The highest BCUT2D eigenvalue weighted by Gasteiger charge is 2.12. The Morgan fingerprint density at radius 2 is 1.85 bits per heavy atom. The molecule has 166 valence electrons. The summed E-state index contributed by atoms with van der Waals surface area (Å²) in [7, 11) is 1.90. The molecule has 1 aromatic heterocycles. The predicted octanol–water partition coefficient (Wildman–Crippen LogP) is 6.38. The molecule has 0 aliphatic rings. The summed E-state index contributed by atoms with van der Waals surface area (Å²) in [5.74, 6) is -0.499. The number of hydrogen-bond donors (Lipinski definition) is 2. The molecule has 6 heteroatoms. The van der Waals surface area contributed by atoms with Gasteiger partial charge in [-0.3, -0.25) is 9.78 Å². The molecule has 0 aliphatic heterocycles. The van der Waals surface area contributed by atoms with Crippen LogP contribution in [0.3, 0.4) is 0 Å². The van der Waals surface area contributed by atoms with E-state index in [1.54, 1.807) is 24.4 Å². The molecular weight excluding hydrogens is 415 g/mol. The number of fused-ring (bicyclic) bond motifs is 1. The van der Waals surface area contributed by atoms with Gasteiger partial charge in [0.05, 0.1) is 11.2 Å². The Bertz CT molecular complexity index is 1290. The van der Waals surface area contributed by atoms with Crippen molar-refractivity contribution >= 4 is 39.6 Å². The lowest BCUT2D eigenvalue weighted by Crippen LogP contribution is -2.13. The molecule has 1 heterocycles. The van der Waals surface area contributed by atoms with Crippen molar-refractivity contribution in [3.8, 4) is 0 Å². The van der Waals surface area contributed by atoms with Crippen molar-refractivity contribution in [1.82, 2.24) is 4.98 Å². The molecule has 3 aromatic carbocycles. The van der Waals surface area contributed by atoms with Gasteiger partial charge in [0, 0.05) is 47.8 Å². The number of aromatic nitrogens is 1. The molecule has 0 atom stereocenters. The number of nitrogens with zero attached hydrogens (tertiary/aromatic N) is 2. The number of rotatable bonds is 8. The van der Waals surface area contributed by atoms with Gasteiger partial charge in [-0.15, -0.1) is 6.58 Å². The zero-order valence-corrected chi connectivity index (χ0v) is 18.4. The largest absolute Gasteiger partial charge is 0.385 e. The van der Waals surface area contributed by atoms with Gasteiger partial charge in [0.15, 0.2) is 0 Å². The van der Waals surface area contributed by atoms with Crippen LogP contribution >= 0.6 is 0 Å². The molecule has 4 rings (SSSR count). The lowest BCUT2D eigenvalue weighted by atomic mass is 10.1. The zero-order valence-electron chi connectivity index (χ0n) is 18.4. The first-order chi connectivity index (χ1) is 16.0. The lowest BCUT2D eigenvalue weighted by Gasteiger charge is -2.21. The Morgan fingerprint density at radius 3 is 2.64 bits per heavy atom. The first kappa shape index (κ1) is 22.0. The third-order valence-electron chi connectivity index (χ3n) is 5.36. The summed E-state index contributed by atoms with van der Waals surface area (Å²) < 4.78 is 13.8. The van der Waals surface area contributed by atoms with Crippen molar-refractivity contribution in [3.63, 3.8) is 0 Å². The number of nitrogens with one attached hydrogen (secondary N) is 2. The Morgan fingerprint density at radius 1 is 1.06 bits per heavy atom. The fraction of sp³-hybridized carbons (Fsp3) is 0.111. The van der Waals surface area contributed by atoms with Crippen LogP contribution in [0.25, 0.3) is 10.9 Å². The highest BCUT2D eigenvalue weighted by molar-refractivity contribution is 6.04. The lowest BCUT2D eigenvalue weighted by molar-refractivity contribution is 0.102. The van der Waals surface area contributed by atoms with E-state index in [9.17, 15) is 9.18 Å². The molecule has 0 spiro atoms. The molecule has 2 N–H and O–H groups in total. The first-order valence-corrected chi connectivity index (χ1v) is 10.7. The molecule has 4 aromatic rings. The van der Waals surface area contributed by atoms with Crippen LogP contribution in [0.2, 0.25) is 0 Å². The molecule has 1 amide bonds. The van der Waals surface area contributed by atoms with E-state index in [2.05, 4.69) is 22.2 Å². The highest BCUT2D eigenvalue weighted by atomic mass is 19.1. The van der Waals surface area contributed by atoms with Gasteiger partial charge >= 0.3 is 0 Å². The van der Waals surface area contributed by atoms with E-state index in [1.807, 2.05) is 60.5 Å². The summed E-state index contributed by atoms with van der Waals surface area (Å²) in [6.07, 6.45) is 4.42.